The molecule has 170 valence electrons. The summed E-state index contributed by atoms with van der Waals surface area (Å²) in [4.78, 5) is 33.6. The summed E-state index contributed by atoms with van der Waals surface area (Å²) in [5, 5.41) is 9.81. The van der Waals surface area contributed by atoms with Crippen molar-refractivity contribution in [1.82, 2.24) is 34.7 Å². The molecule has 1 atom stereocenters. The van der Waals surface area contributed by atoms with Gasteiger partial charge < -0.3 is 20.4 Å². The van der Waals surface area contributed by atoms with E-state index < -0.39 is 5.91 Å². The van der Waals surface area contributed by atoms with Crippen molar-refractivity contribution in [1.29, 1.82) is 0 Å². The van der Waals surface area contributed by atoms with Crippen molar-refractivity contribution in [2.75, 3.05) is 19.6 Å². The molecule has 4 aromatic heterocycles. The molecule has 0 saturated carbocycles. The number of nitrogens with zero attached hydrogens (tertiary/aromatic N) is 4. The Morgan fingerprint density at radius 2 is 2.06 bits per heavy atom. The molecule has 4 aromatic rings. The number of carbonyl (C=O) groups excluding carboxylic acids is 1. The summed E-state index contributed by atoms with van der Waals surface area (Å²) in [7, 11) is 0. The second kappa shape index (κ2) is 9.51. The molecule has 9 heteroatoms. The van der Waals surface area contributed by atoms with Gasteiger partial charge in [-0.1, -0.05) is 12.1 Å². The zero-order chi connectivity index (χ0) is 22.6. The Kier molecular flexibility index (Phi) is 6.14. The molecule has 0 bridgehead atoms. The maximum Gasteiger partial charge on any atom is 0.270 e. The average Bonchev–Trinajstić information content (AvgIpc) is 3.25. The molecule has 1 unspecified atom stereocenters. The molecule has 0 aliphatic carbocycles. The molecule has 3 N–H and O–H groups in total. The van der Waals surface area contributed by atoms with E-state index >= 15 is 0 Å². The summed E-state index contributed by atoms with van der Waals surface area (Å²) in [6.45, 7) is 4.29. The number of imidazole rings is 1. The molecule has 1 saturated heterocycles. The van der Waals surface area contributed by atoms with Crippen LogP contribution in [0.25, 0.3) is 11.3 Å². The predicted molar refractivity (Wildman–Crippen MR) is 125 cm³/mol. The van der Waals surface area contributed by atoms with Crippen molar-refractivity contribution in [3.63, 3.8) is 0 Å². The largest absolute Gasteiger partial charge is 0.345 e. The molecular formula is C24H27N7O2. The number of rotatable bonds is 7. The minimum Gasteiger partial charge on any atom is -0.345 e. The molecule has 0 spiro atoms. The van der Waals surface area contributed by atoms with Crippen molar-refractivity contribution < 1.29 is 4.79 Å². The van der Waals surface area contributed by atoms with Crippen LogP contribution in [-0.4, -0.2) is 44.3 Å². The molecule has 5 rings (SSSR count). The standard InChI is InChI=1S/C24H27N7O2/c32-23-10-20(29-22-5-1-2-9-31(22)23)24(33)27-14-19-16-30-15-18(6-7-21(30)28-19)13-26-12-17-4-3-8-25-11-17/h1-2,5-7,9-10,15-17,25-26H,3-4,8,11-14H2,(H,27,33). The number of hydrogen-bond acceptors (Lipinski definition) is 6. The minimum atomic E-state index is -0.405. The highest BCUT2D eigenvalue weighted by molar-refractivity contribution is 5.92. The maximum atomic E-state index is 12.6. The fourth-order valence-electron chi connectivity index (χ4n) is 4.23. The van der Waals surface area contributed by atoms with Gasteiger partial charge in [-0.25, -0.2) is 9.97 Å². The Bertz CT molecular complexity index is 1340. The molecule has 1 amide bonds. The first-order valence-corrected chi connectivity index (χ1v) is 11.3. The molecule has 9 nitrogen and oxygen atoms in total. The number of carbonyl (C=O) groups is 1. The van der Waals surface area contributed by atoms with Gasteiger partial charge in [0, 0.05) is 31.2 Å². The molecular weight excluding hydrogens is 418 g/mol. The maximum absolute atomic E-state index is 12.6. The van der Waals surface area contributed by atoms with Crippen LogP contribution in [0.5, 0.6) is 0 Å². The summed E-state index contributed by atoms with van der Waals surface area (Å²) >= 11 is 0. The van der Waals surface area contributed by atoms with E-state index in [1.165, 1.54) is 28.9 Å². The summed E-state index contributed by atoms with van der Waals surface area (Å²) in [5.74, 6) is 0.289. The minimum absolute atomic E-state index is 0.0940. The highest BCUT2D eigenvalue weighted by atomic mass is 16.2. The van der Waals surface area contributed by atoms with Gasteiger partial charge in [-0.15, -0.1) is 0 Å². The predicted octanol–water partition coefficient (Wildman–Crippen LogP) is 1.36. The molecule has 1 aliphatic rings. The quantitative estimate of drug-likeness (QED) is 0.397. The second-order valence-corrected chi connectivity index (χ2v) is 8.47. The SMILES string of the molecule is O=C(NCc1cn2cc(CNCC3CCCNC3)ccc2n1)c1cc(=O)n2ccccc2n1. The number of piperidine rings is 1. The van der Waals surface area contributed by atoms with Crippen molar-refractivity contribution in [3.05, 3.63) is 82.3 Å². The lowest BCUT2D eigenvalue weighted by Gasteiger charge is -2.22. The summed E-state index contributed by atoms with van der Waals surface area (Å²) in [5.41, 5.74) is 2.97. The smallest absolute Gasteiger partial charge is 0.270 e. The lowest BCUT2D eigenvalue weighted by Crippen LogP contribution is -2.35. The second-order valence-electron chi connectivity index (χ2n) is 8.47. The van der Waals surface area contributed by atoms with Gasteiger partial charge >= 0.3 is 0 Å². The summed E-state index contributed by atoms with van der Waals surface area (Å²) in [6, 6.07) is 10.5. The van der Waals surface area contributed by atoms with Gasteiger partial charge in [0.05, 0.1) is 12.2 Å². The van der Waals surface area contributed by atoms with Crippen LogP contribution in [-0.2, 0) is 13.1 Å². The van der Waals surface area contributed by atoms with Crippen LogP contribution in [0.4, 0.5) is 0 Å². The average molecular weight is 446 g/mol. The van der Waals surface area contributed by atoms with Gasteiger partial charge in [-0.05, 0) is 62.2 Å². The first-order chi connectivity index (χ1) is 16.2. The van der Waals surface area contributed by atoms with E-state index in [1.54, 1.807) is 24.4 Å². The molecule has 0 aromatic carbocycles. The Labute approximate surface area is 190 Å². The van der Waals surface area contributed by atoms with Crippen LogP contribution >= 0.6 is 0 Å². The van der Waals surface area contributed by atoms with Gasteiger partial charge in [-0.2, -0.15) is 0 Å². The van der Waals surface area contributed by atoms with Gasteiger partial charge in [0.2, 0.25) is 0 Å². The zero-order valence-electron chi connectivity index (χ0n) is 18.3. The first kappa shape index (κ1) is 21.3. The van der Waals surface area contributed by atoms with E-state index in [2.05, 4.69) is 38.2 Å². The highest BCUT2D eigenvalue weighted by Crippen LogP contribution is 2.11. The third kappa shape index (κ3) is 4.94. The van der Waals surface area contributed by atoms with E-state index in [0.717, 1.165) is 37.5 Å². The Morgan fingerprint density at radius 1 is 1.12 bits per heavy atom. The number of hydrogen-bond donors (Lipinski definition) is 3. The lowest BCUT2D eigenvalue weighted by molar-refractivity contribution is 0.0945. The van der Waals surface area contributed by atoms with Crippen LogP contribution < -0.4 is 21.5 Å². The highest BCUT2D eigenvalue weighted by Gasteiger charge is 2.13. The van der Waals surface area contributed by atoms with Crippen molar-refractivity contribution in [3.8, 4) is 0 Å². The van der Waals surface area contributed by atoms with E-state index in [1.807, 2.05) is 16.7 Å². The Balaban J connectivity index is 1.20. The van der Waals surface area contributed by atoms with E-state index in [-0.39, 0.29) is 17.8 Å². The molecule has 1 aliphatic heterocycles. The van der Waals surface area contributed by atoms with Gasteiger partial charge in [-0.3, -0.25) is 14.0 Å². The van der Waals surface area contributed by atoms with Crippen molar-refractivity contribution in [2.24, 2.45) is 5.92 Å². The van der Waals surface area contributed by atoms with Crippen LogP contribution in [0.3, 0.4) is 0 Å². The zero-order valence-corrected chi connectivity index (χ0v) is 18.3. The van der Waals surface area contributed by atoms with Crippen LogP contribution in [0, 0.1) is 5.92 Å². The summed E-state index contributed by atoms with van der Waals surface area (Å²) in [6.07, 6.45) is 8.12. The van der Waals surface area contributed by atoms with Gasteiger partial charge in [0.15, 0.2) is 0 Å². The number of fused-ring (bicyclic) bond motifs is 2. The topological polar surface area (TPSA) is 105 Å². The van der Waals surface area contributed by atoms with Crippen LogP contribution in [0.2, 0.25) is 0 Å². The van der Waals surface area contributed by atoms with Crippen molar-refractivity contribution >= 4 is 17.2 Å². The van der Waals surface area contributed by atoms with E-state index in [0.29, 0.717) is 11.6 Å². The lowest BCUT2D eigenvalue weighted by atomic mass is 10.00. The monoisotopic (exact) mass is 445 g/mol. The van der Waals surface area contributed by atoms with E-state index in [4.69, 9.17) is 0 Å². The van der Waals surface area contributed by atoms with Crippen LogP contribution in [0.15, 0.2) is 59.8 Å². The third-order valence-corrected chi connectivity index (χ3v) is 5.96. The Hall–Kier alpha value is -3.56. The number of pyridine rings is 2. The summed E-state index contributed by atoms with van der Waals surface area (Å²) < 4.78 is 3.37. The third-order valence-electron chi connectivity index (χ3n) is 5.96. The first-order valence-electron chi connectivity index (χ1n) is 11.3. The fourth-order valence-corrected chi connectivity index (χ4v) is 4.23. The molecule has 33 heavy (non-hydrogen) atoms. The van der Waals surface area contributed by atoms with Gasteiger partial charge in [0.1, 0.15) is 17.0 Å². The molecule has 1 fully saturated rings. The molecule has 5 heterocycles. The normalized spacial score (nSPS) is 16.3. The number of aromatic nitrogens is 4. The fraction of sp³-hybridized carbons (Fsp3) is 0.333. The Morgan fingerprint density at radius 3 is 2.94 bits per heavy atom. The van der Waals surface area contributed by atoms with Gasteiger partial charge in [0.25, 0.3) is 11.5 Å². The molecule has 0 radical (unpaired) electrons. The number of amides is 1. The van der Waals surface area contributed by atoms with Crippen LogP contribution in [0.1, 0.15) is 34.6 Å². The van der Waals surface area contributed by atoms with Crippen molar-refractivity contribution in [2.45, 2.75) is 25.9 Å². The van der Waals surface area contributed by atoms with E-state index in [9.17, 15) is 9.59 Å². The number of nitrogens with one attached hydrogen (secondary N) is 3.